The van der Waals surface area contributed by atoms with Gasteiger partial charge in [0.25, 0.3) is 0 Å². The first kappa shape index (κ1) is 87.7. The lowest BCUT2D eigenvalue weighted by Crippen LogP contribution is -2.37. The van der Waals surface area contributed by atoms with Crippen LogP contribution in [0.1, 0.15) is 386 Å². The molecular weight excluding hydrogens is 1130 g/mol. The molecule has 0 aliphatic rings. The molecule has 0 heterocycles. The second-order valence-corrected chi connectivity index (χ2v) is 29.2. The molecule has 0 aliphatic carbocycles. The summed E-state index contributed by atoms with van der Waals surface area (Å²) >= 11 is 0. The molecule has 0 saturated heterocycles. The minimum atomic E-state index is -4.39. The highest BCUT2D eigenvalue weighted by atomic mass is 31.2. The van der Waals surface area contributed by atoms with Gasteiger partial charge in [-0.05, 0) is 57.8 Å². The molecule has 0 amide bonds. The van der Waals surface area contributed by atoms with Crippen LogP contribution in [0.2, 0.25) is 0 Å². The number of phosphoric ester groups is 1. The molecule has 0 aromatic rings. The SMILES string of the molecule is CC/C=C\C/C=C\C/C=C\C/C=C\C/C=C\CCCCCCCCCCCCCCCC(=O)OC(COC(=O)CCCCCCCCCCCCCCCCCCCCCCCCCCCCCCCCCCCCCCC)COP(=O)(O)OCC[N+](C)(C)C. The first-order chi connectivity index (χ1) is 44.0. The fourth-order valence-corrected chi connectivity index (χ4v) is 12.4. The fourth-order valence-electron chi connectivity index (χ4n) is 11.6. The maximum atomic E-state index is 12.9. The Morgan fingerprint density at radius 3 is 0.944 bits per heavy atom. The summed E-state index contributed by atoms with van der Waals surface area (Å²) in [7, 11) is 1.49. The number of rotatable bonds is 73. The minimum Gasteiger partial charge on any atom is -0.462 e. The summed E-state index contributed by atoms with van der Waals surface area (Å²) < 4.78 is 34.8. The first-order valence-electron chi connectivity index (χ1n) is 39.0. The molecule has 0 fully saturated rings. The highest BCUT2D eigenvalue weighted by molar-refractivity contribution is 7.47. The Hall–Kier alpha value is -2.29. The summed E-state index contributed by atoms with van der Waals surface area (Å²) in [5.41, 5.74) is 0. The van der Waals surface area contributed by atoms with Crippen molar-refractivity contribution in [3.05, 3.63) is 60.8 Å². The van der Waals surface area contributed by atoms with Crippen molar-refractivity contribution in [2.75, 3.05) is 47.5 Å². The Bertz CT molecular complexity index is 1700. The van der Waals surface area contributed by atoms with Crippen LogP contribution in [0.25, 0.3) is 0 Å². The van der Waals surface area contributed by atoms with Gasteiger partial charge < -0.3 is 18.9 Å². The average molecular weight is 1290 g/mol. The van der Waals surface area contributed by atoms with Gasteiger partial charge in [0.2, 0.25) is 0 Å². The normalized spacial score (nSPS) is 13.4. The monoisotopic (exact) mass is 1290 g/mol. The molecule has 2 unspecified atom stereocenters. The second kappa shape index (κ2) is 71.0. The van der Waals surface area contributed by atoms with Gasteiger partial charge in [0.1, 0.15) is 19.8 Å². The lowest BCUT2D eigenvalue weighted by Gasteiger charge is -2.24. The average Bonchev–Trinajstić information content (AvgIpc) is 3.58. The predicted octanol–water partition coefficient (Wildman–Crippen LogP) is 25.7. The van der Waals surface area contributed by atoms with E-state index < -0.39 is 26.5 Å². The molecule has 0 radical (unpaired) electrons. The molecule has 0 rings (SSSR count). The number of nitrogens with zero attached hydrogens (tertiary/aromatic N) is 1. The Morgan fingerprint density at radius 2 is 0.633 bits per heavy atom. The zero-order chi connectivity index (χ0) is 65.5. The molecule has 9 nitrogen and oxygen atoms in total. The fraction of sp³-hybridized carbons (Fsp3) is 0.850. The standard InChI is InChI=1S/C80H150NO8P/c1-6-8-10-12-14-16-18-20-22-24-26-28-30-32-34-36-37-38-39-40-41-42-43-45-46-48-50-52-54-56-58-60-62-64-66-68-70-72-79(82)86-76-78(77-88-90(84,85)87-75-74-81(3,4)5)89-80(83)73-71-69-67-65-63-61-59-57-55-53-51-49-47-44-35-33-31-29-27-25-23-21-19-17-15-13-11-9-7-2/h9,11,15,17,21,23,27,29,33,35,78H,6-8,10,12-14,16,18-20,22,24-26,28,30-32,34,36-77H2,1-5H3/p+1/b11-9-,17-15-,23-21-,29-27-,35-33-. The number of carbonyl (C=O) groups excluding carboxylic acids is 2. The predicted molar refractivity (Wildman–Crippen MR) is 390 cm³/mol. The summed E-state index contributed by atoms with van der Waals surface area (Å²) in [5, 5.41) is 0. The number of quaternary nitrogens is 1. The van der Waals surface area contributed by atoms with Crippen LogP contribution in [0, 0.1) is 0 Å². The lowest BCUT2D eigenvalue weighted by atomic mass is 10.0. The van der Waals surface area contributed by atoms with Crippen molar-refractivity contribution < 1.29 is 42.1 Å². The zero-order valence-corrected chi connectivity index (χ0v) is 61.3. The molecule has 0 saturated carbocycles. The quantitative estimate of drug-likeness (QED) is 0.0211. The van der Waals surface area contributed by atoms with Crippen LogP contribution in [-0.4, -0.2) is 74.9 Å². The summed E-state index contributed by atoms with van der Waals surface area (Å²) in [6.07, 6.45) is 95.1. The van der Waals surface area contributed by atoms with E-state index in [0.717, 1.165) is 70.6 Å². The molecule has 0 bridgehead atoms. The van der Waals surface area contributed by atoms with Crippen molar-refractivity contribution in [1.29, 1.82) is 0 Å². The molecule has 1 N–H and O–H groups in total. The molecule has 528 valence electrons. The summed E-state index contributed by atoms with van der Waals surface area (Å²) in [6, 6.07) is 0. The maximum Gasteiger partial charge on any atom is 0.472 e. The number of allylic oxidation sites excluding steroid dienone is 10. The number of hydrogen-bond acceptors (Lipinski definition) is 7. The van der Waals surface area contributed by atoms with Gasteiger partial charge in [0.15, 0.2) is 6.10 Å². The van der Waals surface area contributed by atoms with Crippen LogP contribution in [0.4, 0.5) is 0 Å². The van der Waals surface area contributed by atoms with Crippen molar-refractivity contribution in [3.8, 4) is 0 Å². The smallest absolute Gasteiger partial charge is 0.462 e. The Balaban J connectivity index is 3.92. The number of likely N-dealkylation sites (N-methyl/N-ethyl adjacent to an activating group) is 1. The number of unbranched alkanes of at least 4 members (excludes halogenated alkanes) is 49. The largest absolute Gasteiger partial charge is 0.472 e. The molecule has 90 heavy (non-hydrogen) atoms. The van der Waals surface area contributed by atoms with E-state index in [2.05, 4.69) is 74.6 Å². The van der Waals surface area contributed by atoms with Gasteiger partial charge in [0.05, 0.1) is 27.7 Å². The van der Waals surface area contributed by atoms with Crippen molar-refractivity contribution in [2.24, 2.45) is 0 Å². The molecule has 0 aromatic heterocycles. The topological polar surface area (TPSA) is 108 Å². The Labute approximate surface area is 559 Å². The van der Waals surface area contributed by atoms with E-state index in [1.807, 2.05) is 21.1 Å². The van der Waals surface area contributed by atoms with Gasteiger partial charge >= 0.3 is 19.8 Å². The molecule has 0 aliphatic heterocycles. The lowest BCUT2D eigenvalue weighted by molar-refractivity contribution is -0.870. The van der Waals surface area contributed by atoms with Crippen LogP contribution in [0.5, 0.6) is 0 Å². The number of carbonyl (C=O) groups is 2. The summed E-state index contributed by atoms with van der Waals surface area (Å²) in [6.45, 7) is 4.39. The van der Waals surface area contributed by atoms with Gasteiger partial charge in [-0.3, -0.25) is 18.6 Å². The second-order valence-electron chi connectivity index (χ2n) is 27.7. The third-order valence-electron chi connectivity index (χ3n) is 17.6. The van der Waals surface area contributed by atoms with Crippen LogP contribution >= 0.6 is 7.82 Å². The third-order valence-corrected chi connectivity index (χ3v) is 18.5. The number of hydrogen-bond donors (Lipinski definition) is 1. The molecule has 2 atom stereocenters. The van der Waals surface area contributed by atoms with E-state index in [-0.39, 0.29) is 25.6 Å². The van der Waals surface area contributed by atoms with Gasteiger partial charge in [0, 0.05) is 12.8 Å². The first-order valence-corrected chi connectivity index (χ1v) is 40.5. The van der Waals surface area contributed by atoms with Crippen LogP contribution < -0.4 is 0 Å². The van der Waals surface area contributed by atoms with Gasteiger partial charge in [-0.1, -0.05) is 376 Å². The van der Waals surface area contributed by atoms with Crippen molar-refractivity contribution >= 4 is 19.8 Å². The van der Waals surface area contributed by atoms with Crippen LogP contribution in [-0.2, 0) is 32.7 Å². The highest BCUT2D eigenvalue weighted by Gasteiger charge is 2.27. The highest BCUT2D eigenvalue weighted by Crippen LogP contribution is 2.43. The molecular formula is C80H151NO8P+. The van der Waals surface area contributed by atoms with Gasteiger partial charge in [-0.25, -0.2) is 4.57 Å². The summed E-state index contributed by atoms with van der Waals surface area (Å²) in [4.78, 5) is 36.0. The third kappa shape index (κ3) is 74.7. The van der Waals surface area contributed by atoms with E-state index in [4.69, 9.17) is 18.5 Å². The summed E-state index contributed by atoms with van der Waals surface area (Å²) in [5.74, 6) is -0.781. The number of esters is 2. The number of ether oxygens (including phenoxy) is 2. The molecule has 0 aromatic carbocycles. The van der Waals surface area contributed by atoms with E-state index in [1.54, 1.807) is 0 Å². The minimum absolute atomic E-state index is 0.0322. The van der Waals surface area contributed by atoms with Gasteiger partial charge in [-0.15, -0.1) is 0 Å². The van der Waals surface area contributed by atoms with E-state index >= 15 is 0 Å². The van der Waals surface area contributed by atoms with Crippen LogP contribution in [0.15, 0.2) is 60.8 Å². The maximum absolute atomic E-state index is 12.9. The van der Waals surface area contributed by atoms with E-state index in [1.165, 1.54) is 283 Å². The zero-order valence-electron chi connectivity index (χ0n) is 60.4. The van der Waals surface area contributed by atoms with E-state index in [0.29, 0.717) is 23.9 Å². The molecule has 10 heteroatoms. The Morgan fingerprint density at radius 1 is 0.356 bits per heavy atom. The molecule has 0 spiro atoms. The van der Waals surface area contributed by atoms with Crippen molar-refractivity contribution in [1.82, 2.24) is 0 Å². The van der Waals surface area contributed by atoms with E-state index in [9.17, 15) is 19.0 Å². The van der Waals surface area contributed by atoms with Crippen molar-refractivity contribution in [2.45, 2.75) is 392 Å². The Kier molecular flexibility index (Phi) is 69.2. The van der Waals surface area contributed by atoms with Crippen molar-refractivity contribution in [3.63, 3.8) is 0 Å². The number of phosphoric acid groups is 1. The van der Waals surface area contributed by atoms with Gasteiger partial charge in [-0.2, -0.15) is 0 Å². The van der Waals surface area contributed by atoms with Crippen LogP contribution in [0.3, 0.4) is 0 Å².